The first-order valence-corrected chi connectivity index (χ1v) is 11.4. The molecule has 1 aliphatic rings. The summed E-state index contributed by atoms with van der Waals surface area (Å²) in [5, 5.41) is 3.06. The number of imidazole rings is 1. The molecule has 4 aromatic rings. The van der Waals surface area contributed by atoms with Crippen molar-refractivity contribution in [2.75, 3.05) is 6.54 Å². The first kappa shape index (κ1) is 21.2. The lowest BCUT2D eigenvalue weighted by Gasteiger charge is -2.28. The second kappa shape index (κ2) is 9.84. The maximum Gasteiger partial charge on any atom is 0.251 e. The second-order valence-electron chi connectivity index (χ2n) is 8.66. The van der Waals surface area contributed by atoms with Crippen LogP contribution in [0.3, 0.4) is 0 Å². The van der Waals surface area contributed by atoms with Crippen LogP contribution >= 0.6 is 0 Å². The van der Waals surface area contributed by atoms with Crippen molar-refractivity contribution in [1.29, 1.82) is 0 Å². The summed E-state index contributed by atoms with van der Waals surface area (Å²) in [6.45, 7) is 4.26. The van der Waals surface area contributed by atoms with Crippen LogP contribution in [0.4, 0.5) is 0 Å². The molecule has 1 N–H and O–H groups in total. The molecule has 0 saturated heterocycles. The smallest absolute Gasteiger partial charge is 0.251 e. The van der Waals surface area contributed by atoms with Crippen molar-refractivity contribution in [2.45, 2.75) is 32.6 Å². The Labute approximate surface area is 194 Å². The highest BCUT2D eigenvalue weighted by Crippen LogP contribution is 2.20. The Morgan fingerprint density at radius 3 is 2.52 bits per heavy atom. The van der Waals surface area contributed by atoms with Gasteiger partial charge in [0.25, 0.3) is 5.91 Å². The Balaban J connectivity index is 1.15. The molecule has 0 saturated carbocycles. The summed E-state index contributed by atoms with van der Waals surface area (Å²) in [4.78, 5) is 19.2. The van der Waals surface area contributed by atoms with E-state index in [2.05, 4.69) is 63.7 Å². The molecule has 33 heavy (non-hydrogen) atoms. The Morgan fingerprint density at radius 2 is 1.70 bits per heavy atom. The number of fused-ring (bicyclic) bond motifs is 1. The summed E-state index contributed by atoms with van der Waals surface area (Å²) in [6.07, 6.45) is 6.59. The molecule has 0 bridgehead atoms. The van der Waals surface area contributed by atoms with Gasteiger partial charge in [0.2, 0.25) is 0 Å². The molecular formula is C28H28N4O. The normalized spacial score (nSPS) is 13.5. The molecule has 1 amide bonds. The lowest BCUT2D eigenvalue weighted by molar-refractivity contribution is 0.0951. The van der Waals surface area contributed by atoms with Crippen LogP contribution in [0.15, 0.2) is 91.5 Å². The topological polar surface area (TPSA) is 50.2 Å². The van der Waals surface area contributed by atoms with Crippen molar-refractivity contribution in [3.63, 3.8) is 0 Å². The highest BCUT2D eigenvalue weighted by Gasteiger charge is 2.16. The molecule has 0 unspecified atom stereocenters. The Hall–Kier alpha value is -3.70. The number of nitrogens with zero attached hydrogens (tertiary/aromatic N) is 3. The largest absolute Gasteiger partial charge is 0.348 e. The third-order valence-electron chi connectivity index (χ3n) is 6.20. The van der Waals surface area contributed by atoms with Crippen LogP contribution in [0.5, 0.6) is 0 Å². The van der Waals surface area contributed by atoms with Gasteiger partial charge in [-0.1, -0.05) is 60.7 Å². The molecule has 1 aromatic heterocycles. The molecule has 5 rings (SSSR count). The molecule has 3 aromatic carbocycles. The van der Waals surface area contributed by atoms with Gasteiger partial charge < -0.3 is 9.88 Å². The Morgan fingerprint density at radius 1 is 0.879 bits per heavy atom. The minimum Gasteiger partial charge on any atom is -0.348 e. The van der Waals surface area contributed by atoms with E-state index in [1.807, 2.05) is 35.0 Å². The van der Waals surface area contributed by atoms with Gasteiger partial charge in [-0.25, -0.2) is 4.98 Å². The van der Waals surface area contributed by atoms with Gasteiger partial charge in [-0.05, 0) is 46.4 Å². The first-order chi connectivity index (χ1) is 16.2. The van der Waals surface area contributed by atoms with Gasteiger partial charge in [0.15, 0.2) is 0 Å². The summed E-state index contributed by atoms with van der Waals surface area (Å²) in [7, 11) is 0. The Kier molecular flexibility index (Phi) is 6.31. The van der Waals surface area contributed by atoms with Crippen molar-refractivity contribution >= 4 is 5.91 Å². The SMILES string of the molecule is O=C(NCc1cccc(CN2CCc3ccccc3C2)c1)c1ccc(Cn2ccnc2)cc1. The number of carbonyl (C=O) groups excluding carboxylic acids is 1. The summed E-state index contributed by atoms with van der Waals surface area (Å²) in [5.74, 6) is -0.0535. The van der Waals surface area contributed by atoms with Crippen LogP contribution in [0.2, 0.25) is 0 Å². The van der Waals surface area contributed by atoms with E-state index in [9.17, 15) is 4.79 Å². The van der Waals surface area contributed by atoms with E-state index in [1.165, 1.54) is 16.7 Å². The molecule has 0 atom stereocenters. The van der Waals surface area contributed by atoms with Crippen molar-refractivity contribution in [3.05, 3.63) is 125 Å². The molecule has 1 aliphatic heterocycles. The maximum atomic E-state index is 12.6. The van der Waals surface area contributed by atoms with Gasteiger partial charge in [0.1, 0.15) is 0 Å². The van der Waals surface area contributed by atoms with Gasteiger partial charge in [-0.2, -0.15) is 0 Å². The van der Waals surface area contributed by atoms with Crippen LogP contribution in [-0.2, 0) is 32.6 Å². The van der Waals surface area contributed by atoms with Gasteiger partial charge >= 0.3 is 0 Å². The Bertz CT molecular complexity index is 1210. The molecule has 5 heteroatoms. The molecule has 2 heterocycles. The lowest BCUT2D eigenvalue weighted by atomic mass is 9.99. The van der Waals surface area contributed by atoms with Crippen molar-refractivity contribution < 1.29 is 4.79 Å². The number of benzene rings is 3. The quantitative estimate of drug-likeness (QED) is 0.467. The van der Waals surface area contributed by atoms with E-state index < -0.39 is 0 Å². The number of hydrogen-bond acceptors (Lipinski definition) is 3. The zero-order valence-corrected chi connectivity index (χ0v) is 18.7. The number of hydrogen-bond donors (Lipinski definition) is 1. The van der Waals surface area contributed by atoms with Crippen LogP contribution in [0.25, 0.3) is 0 Å². The van der Waals surface area contributed by atoms with Crippen molar-refractivity contribution in [2.24, 2.45) is 0 Å². The average Bonchev–Trinajstić information content (AvgIpc) is 3.36. The van der Waals surface area contributed by atoms with Crippen molar-refractivity contribution in [3.8, 4) is 0 Å². The van der Waals surface area contributed by atoms with Gasteiger partial charge in [-0.3, -0.25) is 9.69 Å². The fourth-order valence-corrected chi connectivity index (χ4v) is 4.42. The third-order valence-corrected chi connectivity index (χ3v) is 6.20. The second-order valence-corrected chi connectivity index (χ2v) is 8.66. The lowest BCUT2D eigenvalue weighted by Crippen LogP contribution is -2.30. The zero-order chi connectivity index (χ0) is 22.5. The zero-order valence-electron chi connectivity index (χ0n) is 18.7. The van der Waals surface area contributed by atoms with Gasteiger partial charge in [-0.15, -0.1) is 0 Å². The minimum absolute atomic E-state index is 0.0535. The maximum absolute atomic E-state index is 12.6. The molecule has 0 radical (unpaired) electrons. The molecule has 166 valence electrons. The number of aromatic nitrogens is 2. The average molecular weight is 437 g/mol. The fourth-order valence-electron chi connectivity index (χ4n) is 4.42. The highest BCUT2D eigenvalue weighted by molar-refractivity contribution is 5.94. The summed E-state index contributed by atoms with van der Waals surface area (Å²) in [5.41, 5.74) is 7.12. The summed E-state index contributed by atoms with van der Waals surface area (Å²) in [6, 6.07) is 25.0. The van der Waals surface area contributed by atoms with Crippen LogP contribution in [0.1, 0.15) is 38.2 Å². The van der Waals surface area contributed by atoms with Crippen molar-refractivity contribution in [1.82, 2.24) is 19.8 Å². The van der Waals surface area contributed by atoms with Crippen LogP contribution < -0.4 is 5.32 Å². The van der Waals surface area contributed by atoms with Gasteiger partial charge in [0, 0.05) is 50.7 Å². The van der Waals surface area contributed by atoms with E-state index in [1.54, 1.807) is 12.5 Å². The third kappa shape index (κ3) is 5.38. The fraction of sp³-hybridized carbons (Fsp3) is 0.214. The van der Waals surface area contributed by atoms with E-state index in [4.69, 9.17) is 0 Å². The standard InChI is InChI=1S/C28H28N4O/c33-28(26-10-8-22(9-11-26)18-32-15-13-29-21-32)30-17-23-4-3-5-24(16-23)19-31-14-12-25-6-1-2-7-27(25)20-31/h1-11,13,15-16,21H,12,14,17-20H2,(H,30,33). The van der Waals surface area contributed by atoms with Gasteiger partial charge in [0.05, 0.1) is 6.33 Å². The number of carbonyl (C=O) groups is 1. The molecule has 5 nitrogen and oxygen atoms in total. The molecule has 0 spiro atoms. The van der Waals surface area contributed by atoms with Crippen LogP contribution in [-0.4, -0.2) is 26.9 Å². The van der Waals surface area contributed by atoms with Crippen LogP contribution in [0, 0.1) is 0 Å². The molecule has 0 aliphatic carbocycles. The number of rotatable bonds is 7. The summed E-state index contributed by atoms with van der Waals surface area (Å²) >= 11 is 0. The van der Waals surface area contributed by atoms with E-state index in [0.29, 0.717) is 12.1 Å². The summed E-state index contributed by atoms with van der Waals surface area (Å²) < 4.78 is 2.00. The van der Waals surface area contributed by atoms with E-state index in [-0.39, 0.29) is 5.91 Å². The van der Waals surface area contributed by atoms with E-state index >= 15 is 0 Å². The highest BCUT2D eigenvalue weighted by atomic mass is 16.1. The predicted octanol–water partition coefficient (Wildman–Crippen LogP) is 4.42. The monoisotopic (exact) mass is 436 g/mol. The minimum atomic E-state index is -0.0535. The predicted molar refractivity (Wildman–Crippen MR) is 130 cm³/mol. The molecule has 0 fully saturated rings. The van der Waals surface area contributed by atoms with E-state index in [0.717, 1.165) is 43.7 Å². The number of nitrogens with one attached hydrogen (secondary N) is 1. The molecular weight excluding hydrogens is 408 g/mol. The number of amides is 1. The first-order valence-electron chi connectivity index (χ1n) is 11.4.